The molecule has 0 saturated heterocycles. The van der Waals surface area contributed by atoms with Crippen LogP contribution in [0.4, 0.5) is 4.79 Å². The second-order valence-electron chi connectivity index (χ2n) is 16.3. The Bertz CT molecular complexity index is 2710. The number of ether oxygens (including phenoxy) is 2. The summed E-state index contributed by atoms with van der Waals surface area (Å²) in [5.74, 6) is 1.02. The average molecular weight is 767 g/mol. The van der Waals surface area contributed by atoms with Crippen molar-refractivity contribution >= 4 is 6.16 Å². The molecule has 0 spiro atoms. The standard InChI is InChI=1S/C49H42N4O5/c1-46(29-9-5-13-33(54)25-29)37-17-18-38(50-37)47(2,30-10-6-14-34(55)26-30)40-20-22-42(52-40)49(4)32-12-8-16-36(28-32)58-45(56)57-35-15-7-11-31(27-35)48(3,41-21-19-39(46)51-41)43-23-24-44(49)53-43/h5-28,50-55H,1-4H3. The maximum atomic E-state index is 13.4. The van der Waals surface area contributed by atoms with Gasteiger partial charge in [0.15, 0.2) is 0 Å². The second kappa shape index (κ2) is 12.4. The first-order chi connectivity index (χ1) is 27.9. The molecule has 14 bridgehead atoms. The van der Waals surface area contributed by atoms with E-state index < -0.39 is 27.8 Å². The average Bonchev–Trinajstić information content (AvgIpc) is 4.07. The van der Waals surface area contributed by atoms with Crippen LogP contribution in [0.2, 0.25) is 0 Å². The van der Waals surface area contributed by atoms with Gasteiger partial charge in [0.25, 0.3) is 0 Å². The van der Waals surface area contributed by atoms with Crippen molar-refractivity contribution in [3.05, 3.63) is 213 Å². The summed E-state index contributed by atoms with van der Waals surface area (Å²) in [6.45, 7) is 8.62. The number of nitrogens with one attached hydrogen (secondary N) is 4. The lowest BCUT2D eigenvalue weighted by molar-refractivity contribution is 0.151. The normalized spacial score (nSPS) is 23.6. The number of benzene rings is 4. The third-order valence-electron chi connectivity index (χ3n) is 13.1. The molecule has 58 heavy (non-hydrogen) atoms. The summed E-state index contributed by atoms with van der Waals surface area (Å²) in [5, 5.41) is 21.7. The van der Waals surface area contributed by atoms with E-state index in [1.165, 1.54) is 0 Å². The number of rotatable bonds is 2. The summed E-state index contributed by atoms with van der Waals surface area (Å²) in [5.41, 5.74) is 7.43. The molecule has 6 heterocycles. The Hall–Kier alpha value is -7.13. The monoisotopic (exact) mass is 766 g/mol. The first-order valence-electron chi connectivity index (χ1n) is 19.4. The van der Waals surface area contributed by atoms with E-state index >= 15 is 0 Å². The number of aromatic hydroxyl groups is 2. The van der Waals surface area contributed by atoms with Gasteiger partial charge in [-0.3, -0.25) is 0 Å². The van der Waals surface area contributed by atoms with E-state index in [0.29, 0.717) is 11.5 Å². The molecular formula is C49H42N4O5. The molecule has 0 aliphatic carbocycles. The Labute approximate surface area is 335 Å². The van der Waals surface area contributed by atoms with Crippen LogP contribution in [0.5, 0.6) is 23.0 Å². The van der Waals surface area contributed by atoms with E-state index in [1.807, 2.05) is 60.7 Å². The highest BCUT2D eigenvalue weighted by Crippen LogP contribution is 2.48. The Morgan fingerprint density at radius 1 is 0.379 bits per heavy atom. The van der Waals surface area contributed by atoms with Crippen LogP contribution in [0.15, 0.2) is 146 Å². The van der Waals surface area contributed by atoms with Crippen molar-refractivity contribution in [2.75, 3.05) is 0 Å². The van der Waals surface area contributed by atoms with Gasteiger partial charge >= 0.3 is 6.16 Å². The summed E-state index contributed by atoms with van der Waals surface area (Å²) < 4.78 is 11.7. The lowest BCUT2D eigenvalue weighted by atomic mass is 9.76. The van der Waals surface area contributed by atoms with Crippen molar-refractivity contribution in [2.24, 2.45) is 0 Å². The Morgan fingerprint density at radius 2 is 0.638 bits per heavy atom. The van der Waals surface area contributed by atoms with Crippen LogP contribution >= 0.6 is 0 Å². The van der Waals surface area contributed by atoms with Crippen LogP contribution in [0, 0.1) is 0 Å². The number of carbonyl (C=O) groups excluding carboxylic acids is 1. The summed E-state index contributed by atoms with van der Waals surface area (Å²) >= 11 is 0. The van der Waals surface area contributed by atoms with E-state index in [1.54, 1.807) is 36.4 Å². The van der Waals surface area contributed by atoms with Gasteiger partial charge in [0.2, 0.25) is 0 Å². The summed E-state index contributed by atoms with van der Waals surface area (Å²) in [6, 6.07) is 46.8. The van der Waals surface area contributed by atoms with Gasteiger partial charge in [-0.15, -0.1) is 0 Å². The zero-order chi connectivity index (χ0) is 40.0. The molecule has 0 fully saturated rings. The molecule has 2 aliphatic heterocycles. The summed E-state index contributed by atoms with van der Waals surface area (Å²) in [7, 11) is 0. The van der Waals surface area contributed by atoms with Crippen LogP contribution in [0.25, 0.3) is 0 Å². The number of hydrogen-bond acceptors (Lipinski definition) is 5. The quantitative estimate of drug-likeness (QED) is 0.0768. The number of carbonyl (C=O) groups is 1. The molecule has 4 atom stereocenters. The molecule has 0 amide bonds. The lowest BCUT2D eigenvalue weighted by Gasteiger charge is -2.34. The Morgan fingerprint density at radius 3 is 0.914 bits per heavy atom. The number of aromatic nitrogens is 4. The minimum absolute atomic E-state index is 0.161. The van der Waals surface area contributed by atoms with Crippen molar-refractivity contribution in [3.8, 4) is 23.0 Å². The number of H-pyrrole nitrogens is 4. The van der Waals surface area contributed by atoms with Crippen molar-refractivity contribution in [1.29, 1.82) is 0 Å². The van der Waals surface area contributed by atoms with Crippen molar-refractivity contribution < 1.29 is 24.5 Å². The third-order valence-corrected chi connectivity index (χ3v) is 13.1. The number of aromatic amines is 4. The SMILES string of the molecule is CC1(c2cccc(O)c2)c2ccc([nH]2)C(C)(c2cccc(O)c2)c2ccc([nH]2)C2(C)c3cccc(c3)OC(=O)Oc3cccc(c3)C(C)(c3ccc1[nH]3)c1ccc2[nH]1. The summed E-state index contributed by atoms with van der Waals surface area (Å²) in [6.07, 6.45) is -0.839. The fourth-order valence-corrected chi connectivity index (χ4v) is 9.33. The molecule has 4 aromatic heterocycles. The van der Waals surface area contributed by atoms with Crippen LogP contribution in [0.1, 0.15) is 95.5 Å². The lowest BCUT2D eigenvalue weighted by Crippen LogP contribution is -2.32. The topological polar surface area (TPSA) is 139 Å². The Kier molecular flexibility index (Phi) is 7.57. The van der Waals surface area contributed by atoms with Gasteiger partial charge in [0.1, 0.15) is 23.0 Å². The fraction of sp³-hybridized carbons (Fsp3) is 0.163. The number of phenols is 2. The smallest absolute Gasteiger partial charge is 0.508 e. The first-order valence-corrected chi connectivity index (χ1v) is 19.4. The van der Waals surface area contributed by atoms with Gasteiger partial charge in [0.05, 0.1) is 21.7 Å². The molecule has 288 valence electrons. The van der Waals surface area contributed by atoms with Gasteiger partial charge < -0.3 is 39.6 Å². The first kappa shape index (κ1) is 35.3. The van der Waals surface area contributed by atoms with Crippen LogP contribution in [-0.2, 0) is 21.7 Å². The molecule has 6 N–H and O–H groups in total. The molecule has 4 aromatic carbocycles. The predicted octanol–water partition coefficient (Wildman–Crippen LogP) is 10.0. The largest absolute Gasteiger partial charge is 0.519 e. The number of fused-ring (bicyclic) bond motifs is 14. The van der Waals surface area contributed by atoms with Crippen LogP contribution in [0.3, 0.4) is 0 Å². The van der Waals surface area contributed by atoms with E-state index in [0.717, 1.165) is 67.8 Å². The Balaban J connectivity index is 1.33. The van der Waals surface area contributed by atoms with Gasteiger partial charge in [-0.2, -0.15) is 0 Å². The van der Waals surface area contributed by atoms with Crippen LogP contribution < -0.4 is 9.47 Å². The molecule has 0 radical (unpaired) electrons. The molecule has 10 rings (SSSR count). The third kappa shape index (κ3) is 5.05. The van der Waals surface area contributed by atoms with E-state index in [2.05, 4.69) is 96.2 Å². The van der Waals surface area contributed by atoms with Gasteiger partial charge in [-0.25, -0.2) is 4.79 Å². The van der Waals surface area contributed by atoms with Gasteiger partial charge in [-0.05, 0) is 147 Å². The highest BCUT2D eigenvalue weighted by atomic mass is 16.7. The van der Waals surface area contributed by atoms with Gasteiger partial charge in [0, 0.05) is 45.6 Å². The highest BCUT2D eigenvalue weighted by molar-refractivity contribution is 5.68. The highest BCUT2D eigenvalue weighted by Gasteiger charge is 2.44. The fourth-order valence-electron chi connectivity index (χ4n) is 9.33. The van der Waals surface area contributed by atoms with Gasteiger partial charge in [-0.1, -0.05) is 48.5 Å². The van der Waals surface area contributed by atoms with Crippen molar-refractivity contribution in [3.63, 3.8) is 0 Å². The zero-order valence-corrected chi connectivity index (χ0v) is 32.5. The number of phenolic OH excluding ortho intramolecular Hbond substituents is 2. The van der Waals surface area contributed by atoms with E-state index in [9.17, 15) is 15.0 Å². The van der Waals surface area contributed by atoms with Crippen molar-refractivity contribution in [2.45, 2.75) is 49.4 Å². The maximum Gasteiger partial charge on any atom is 0.519 e. The van der Waals surface area contributed by atoms with E-state index in [-0.39, 0.29) is 11.5 Å². The maximum absolute atomic E-state index is 13.4. The number of hydrogen-bond donors (Lipinski definition) is 6. The summed E-state index contributed by atoms with van der Waals surface area (Å²) in [4.78, 5) is 28.9. The minimum Gasteiger partial charge on any atom is -0.508 e. The molecule has 9 heteroatoms. The second-order valence-corrected chi connectivity index (χ2v) is 16.3. The van der Waals surface area contributed by atoms with E-state index in [4.69, 9.17) is 9.47 Å². The zero-order valence-electron chi connectivity index (χ0n) is 32.5. The van der Waals surface area contributed by atoms with Crippen molar-refractivity contribution in [1.82, 2.24) is 19.9 Å². The predicted molar refractivity (Wildman–Crippen MR) is 221 cm³/mol. The molecule has 9 nitrogen and oxygen atoms in total. The molecule has 8 aromatic rings. The van der Waals surface area contributed by atoms with Crippen LogP contribution in [-0.4, -0.2) is 36.3 Å². The molecule has 0 saturated carbocycles. The molecule has 2 aliphatic rings. The minimum atomic E-state index is -0.839. The molecule has 4 unspecified atom stereocenters. The molecular weight excluding hydrogens is 725 g/mol.